The van der Waals surface area contributed by atoms with Gasteiger partial charge in [0.2, 0.25) is 0 Å². The van der Waals surface area contributed by atoms with Crippen LogP contribution in [0.15, 0.2) is 27.2 Å². The zero-order valence-electron chi connectivity index (χ0n) is 11.2. The van der Waals surface area contributed by atoms with Crippen LogP contribution in [0.5, 0.6) is 0 Å². The maximum absolute atomic E-state index is 11.6. The Hall–Kier alpha value is -1.33. The van der Waals surface area contributed by atoms with Gasteiger partial charge in [0.25, 0.3) is 0 Å². The zero-order valence-corrected chi connectivity index (χ0v) is 13.5. The molecule has 0 spiro atoms. The van der Waals surface area contributed by atoms with Gasteiger partial charge >= 0.3 is 5.97 Å². The number of hydrogen-bond acceptors (Lipinski definition) is 3. The van der Waals surface area contributed by atoms with Crippen molar-refractivity contribution in [3.63, 3.8) is 0 Å². The molecule has 1 aromatic heterocycles. The minimum absolute atomic E-state index is 0.0838. The molecular weight excluding hydrogens is 346 g/mol. The summed E-state index contributed by atoms with van der Waals surface area (Å²) >= 11 is 9.26. The predicted octanol–water partition coefficient (Wildman–Crippen LogP) is 4.75. The highest BCUT2D eigenvalue weighted by atomic mass is 79.9. The maximum atomic E-state index is 11.6. The molecule has 0 aliphatic heterocycles. The fourth-order valence-electron chi connectivity index (χ4n) is 1.87. The van der Waals surface area contributed by atoms with Gasteiger partial charge in [-0.05, 0) is 12.1 Å². The van der Waals surface area contributed by atoms with Crippen LogP contribution in [0.3, 0.4) is 0 Å². The van der Waals surface area contributed by atoms with Crippen LogP contribution in [-0.4, -0.2) is 16.2 Å². The van der Waals surface area contributed by atoms with E-state index in [9.17, 15) is 9.90 Å². The van der Waals surface area contributed by atoms with Crippen molar-refractivity contribution >= 4 is 33.5 Å². The van der Waals surface area contributed by atoms with Crippen molar-refractivity contribution in [1.29, 1.82) is 0 Å². The van der Waals surface area contributed by atoms with Crippen LogP contribution >= 0.6 is 27.5 Å². The van der Waals surface area contributed by atoms with E-state index in [-0.39, 0.29) is 5.56 Å². The van der Waals surface area contributed by atoms with E-state index in [0.29, 0.717) is 26.5 Å². The van der Waals surface area contributed by atoms with E-state index in [4.69, 9.17) is 16.1 Å². The summed E-state index contributed by atoms with van der Waals surface area (Å²) in [5.41, 5.74) is 0.565. The first-order valence-corrected chi connectivity index (χ1v) is 7.07. The normalized spacial score (nSPS) is 11.7. The van der Waals surface area contributed by atoms with E-state index in [1.165, 1.54) is 0 Å². The van der Waals surface area contributed by atoms with Gasteiger partial charge in [-0.15, -0.1) is 0 Å². The molecule has 1 heterocycles. The summed E-state index contributed by atoms with van der Waals surface area (Å²) in [7, 11) is 0. The van der Waals surface area contributed by atoms with Crippen molar-refractivity contribution in [2.45, 2.75) is 26.2 Å². The Bertz CT molecular complexity index is 674. The number of hydrogen-bond donors (Lipinski definition) is 1. The number of carboxylic acids is 1. The third-order valence-electron chi connectivity index (χ3n) is 2.77. The fraction of sp³-hybridized carbons (Fsp3) is 0.286. The Morgan fingerprint density at radius 2 is 2.05 bits per heavy atom. The molecule has 0 unspecified atom stereocenters. The third-order valence-corrected chi connectivity index (χ3v) is 3.66. The lowest BCUT2D eigenvalue weighted by Gasteiger charge is -2.14. The molecule has 0 aliphatic rings. The van der Waals surface area contributed by atoms with Crippen LogP contribution in [0, 0.1) is 0 Å². The molecule has 2 rings (SSSR count). The second-order valence-corrected chi connectivity index (χ2v) is 6.71. The molecule has 0 radical (unpaired) electrons. The summed E-state index contributed by atoms with van der Waals surface area (Å²) < 4.78 is 5.94. The molecule has 0 fully saturated rings. The zero-order chi connectivity index (χ0) is 15.1. The Morgan fingerprint density at radius 1 is 1.40 bits per heavy atom. The van der Waals surface area contributed by atoms with Gasteiger partial charge in [-0.1, -0.05) is 59.5 Å². The highest BCUT2D eigenvalue weighted by molar-refractivity contribution is 9.10. The number of rotatable bonds is 2. The smallest absolute Gasteiger partial charge is 0.341 e. The first kappa shape index (κ1) is 15.1. The number of aromatic nitrogens is 1. The quantitative estimate of drug-likeness (QED) is 0.841. The molecule has 1 aromatic carbocycles. The lowest BCUT2D eigenvalue weighted by Crippen LogP contribution is -2.15. The molecule has 1 N–H and O–H groups in total. The summed E-state index contributed by atoms with van der Waals surface area (Å²) in [6, 6.07) is 5.08. The lowest BCUT2D eigenvalue weighted by atomic mass is 9.89. The van der Waals surface area contributed by atoms with Gasteiger partial charge in [0.05, 0.1) is 0 Å². The molecule has 0 saturated heterocycles. The second kappa shape index (κ2) is 5.22. The average Bonchev–Trinajstić information content (AvgIpc) is 2.72. The first-order valence-electron chi connectivity index (χ1n) is 5.90. The van der Waals surface area contributed by atoms with Crippen LogP contribution in [-0.2, 0) is 5.41 Å². The number of aromatic carboxylic acids is 1. The van der Waals surface area contributed by atoms with Crippen LogP contribution in [0.4, 0.5) is 0 Å². The van der Waals surface area contributed by atoms with Gasteiger partial charge in [0, 0.05) is 20.5 Å². The lowest BCUT2D eigenvalue weighted by molar-refractivity contribution is 0.0693. The van der Waals surface area contributed by atoms with Gasteiger partial charge in [-0.25, -0.2) is 4.79 Å². The Kier molecular flexibility index (Phi) is 3.93. The number of benzene rings is 1. The number of carbonyl (C=O) groups is 1. The van der Waals surface area contributed by atoms with Crippen molar-refractivity contribution in [2.75, 3.05) is 0 Å². The van der Waals surface area contributed by atoms with E-state index in [1.807, 2.05) is 20.8 Å². The summed E-state index contributed by atoms with van der Waals surface area (Å²) in [6.07, 6.45) is 0. The number of halogens is 2. The van der Waals surface area contributed by atoms with Crippen molar-refractivity contribution in [2.24, 2.45) is 0 Å². The van der Waals surface area contributed by atoms with E-state index in [1.54, 1.807) is 18.2 Å². The summed E-state index contributed by atoms with van der Waals surface area (Å²) in [5, 5.41) is 14.0. The van der Waals surface area contributed by atoms with Crippen LogP contribution in [0.2, 0.25) is 5.02 Å². The largest absolute Gasteiger partial charge is 0.477 e. The topological polar surface area (TPSA) is 63.3 Å². The van der Waals surface area contributed by atoms with Gasteiger partial charge in [0.15, 0.2) is 5.76 Å². The van der Waals surface area contributed by atoms with Gasteiger partial charge < -0.3 is 9.63 Å². The SMILES string of the molecule is CC(C)(C)c1onc(-c2ccc(Cl)cc2Br)c1C(=O)O. The van der Waals surface area contributed by atoms with Gasteiger partial charge in [-0.2, -0.15) is 0 Å². The van der Waals surface area contributed by atoms with Gasteiger partial charge in [0.1, 0.15) is 11.3 Å². The summed E-state index contributed by atoms with van der Waals surface area (Å²) in [6.45, 7) is 5.63. The highest BCUT2D eigenvalue weighted by Gasteiger charge is 2.31. The predicted molar refractivity (Wildman–Crippen MR) is 80.3 cm³/mol. The molecule has 0 saturated carbocycles. The Balaban J connectivity index is 2.69. The fourth-order valence-corrected chi connectivity index (χ4v) is 2.74. The van der Waals surface area contributed by atoms with Gasteiger partial charge in [-0.3, -0.25) is 0 Å². The van der Waals surface area contributed by atoms with Crippen LogP contribution < -0.4 is 0 Å². The molecule has 20 heavy (non-hydrogen) atoms. The number of carboxylic acid groups (broad SMARTS) is 1. The van der Waals surface area contributed by atoms with E-state index < -0.39 is 11.4 Å². The molecular formula is C14H13BrClNO3. The molecule has 4 nitrogen and oxygen atoms in total. The van der Waals surface area contributed by atoms with E-state index >= 15 is 0 Å². The molecule has 0 amide bonds. The highest BCUT2D eigenvalue weighted by Crippen LogP contribution is 2.36. The van der Waals surface area contributed by atoms with Crippen molar-refractivity contribution in [3.05, 3.63) is 39.0 Å². The maximum Gasteiger partial charge on any atom is 0.341 e. The Labute approximate surface area is 129 Å². The van der Waals surface area contributed by atoms with E-state index in [0.717, 1.165) is 0 Å². The third kappa shape index (κ3) is 2.74. The molecule has 106 valence electrons. The second-order valence-electron chi connectivity index (χ2n) is 5.41. The van der Waals surface area contributed by atoms with Crippen molar-refractivity contribution < 1.29 is 14.4 Å². The Morgan fingerprint density at radius 3 is 2.55 bits per heavy atom. The van der Waals surface area contributed by atoms with Crippen molar-refractivity contribution in [3.8, 4) is 11.3 Å². The standard InChI is InChI=1S/C14H13BrClNO3/c1-14(2,3)12-10(13(18)19)11(17-20-12)8-5-4-7(16)6-9(8)15/h4-6H,1-3H3,(H,18,19). The molecule has 0 aliphatic carbocycles. The number of nitrogens with zero attached hydrogens (tertiary/aromatic N) is 1. The van der Waals surface area contributed by atoms with E-state index in [2.05, 4.69) is 21.1 Å². The molecule has 6 heteroatoms. The average molecular weight is 359 g/mol. The molecule has 0 bridgehead atoms. The minimum Gasteiger partial charge on any atom is -0.477 e. The monoisotopic (exact) mass is 357 g/mol. The first-order chi connectivity index (χ1) is 9.21. The van der Waals surface area contributed by atoms with Crippen LogP contribution in [0.25, 0.3) is 11.3 Å². The van der Waals surface area contributed by atoms with Crippen molar-refractivity contribution in [1.82, 2.24) is 5.16 Å². The molecule has 0 atom stereocenters. The van der Waals surface area contributed by atoms with Crippen LogP contribution in [0.1, 0.15) is 36.9 Å². The summed E-state index contributed by atoms with van der Waals surface area (Å²) in [5.74, 6) is -0.713. The summed E-state index contributed by atoms with van der Waals surface area (Å²) in [4.78, 5) is 11.6. The molecule has 2 aromatic rings. The minimum atomic E-state index is -1.06.